The number of benzene rings is 1. The highest BCUT2D eigenvalue weighted by molar-refractivity contribution is 5.96. The Morgan fingerprint density at radius 1 is 1.20 bits per heavy atom. The first-order valence-corrected chi connectivity index (χ1v) is 7.52. The third kappa shape index (κ3) is 3.02. The quantitative estimate of drug-likeness (QED) is 0.913. The number of amides is 1. The highest BCUT2D eigenvalue weighted by Gasteiger charge is 2.29. The minimum Gasteiger partial charge on any atom is -0.391 e. The van der Waals surface area contributed by atoms with Gasteiger partial charge in [0.1, 0.15) is 0 Å². The van der Waals surface area contributed by atoms with Crippen LogP contribution in [0.4, 0.5) is 5.69 Å². The van der Waals surface area contributed by atoms with Crippen LogP contribution in [0.15, 0.2) is 24.3 Å². The summed E-state index contributed by atoms with van der Waals surface area (Å²) in [4.78, 5) is 16.0. The largest absolute Gasteiger partial charge is 0.391 e. The van der Waals surface area contributed by atoms with Crippen molar-refractivity contribution in [1.29, 1.82) is 0 Å². The molecule has 1 amide bonds. The number of aliphatic hydroxyl groups excluding tert-OH is 1. The van der Waals surface area contributed by atoms with E-state index in [1.807, 2.05) is 12.1 Å². The van der Waals surface area contributed by atoms with E-state index in [1.54, 1.807) is 4.90 Å². The Kier molecular flexibility index (Phi) is 4.03. The van der Waals surface area contributed by atoms with Crippen molar-refractivity contribution in [3.05, 3.63) is 29.8 Å². The lowest BCUT2D eigenvalue weighted by Crippen LogP contribution is -2.29. The van der Waals surface area contributed by atoms with E-state index < -0.39 is 6.10 Å². The minimum atomic E-state index is -0.520. The Balaban J connectivity index is 1.70. The van der Waals surface area contributed by atoms with Crippen molar-refractivity contribution in [3.8, 4) is 0 Å². The maximum atomic E-state index is 11.8. The molecule has 4 heteroatoms. The van der Waals surface area contributed by atoms with E-state index >= 15 is 0 Å². The zero-order valence-electron chi connectivity index (χ0n) is 11.8. The average molecular weight is 274 g/mol. The number of hydrogen-bond donors (Lipinski definition) is 1. The lowest BCUT2D eigenvalue weighted by atomic mass is 10.1. The molecule has 0 saturated carbocycles. The van der Waals surface area contributed by atoms with Gasteiger partial charge < -0.3 is 10.0 Å². The molecule has 2 fully saturated rings. The second kappa shape index (κ2) is 5.94. The van der Waals surface area contributed by atoms with Gasteiger partial charge in [-0.25, -0.2) is 0 Å². The molecule has 2 heterocycles. The van der Waals surface area contributed by atoms with Gasteiger partial charge in [0.25, 0.3) is 0 Å². The Bertz CT molecular complexity index is 483. The molecule has 0 aliphatic carbocycles. The smallest absolute Gasteiger partial charge is 0.229 e. The minimum absolute atomic E-state index is 0.0209. The van der Waals surface area contributed by atoms with E-state index in [1.165, 1.54) is 37.9 Å². The van der Waals surface area contributed by atoms with Crippen LogP contribution in [0.5, 0.6) is 0 Å². The van der Waals surface area contributed by atoms with Gasteiger partial charge in [0, 0.05) is 12.2 Å². The number of piperidine rings is 1. The number of anilines is 1. The third-order valence-electron chi connectivity index (χ3n) is 4.18. The van der Waals surface area contributed by atoms with E-state index in [2.05, 4.69) is 17.0 Å². The molecule has 0 radical (unpaired) electrons. The van der Waals surface area contributed by atoms with Crippen LogP contribution in [0.25, 0.3) is 0 Å². The van der Waals surface area contributed by atoms with Gasteiger partial charge in [0.2, 0.25) is 5.91 Å². The summed E-state index contributed by atoms with van der Waals surface area (Å²) in [5.41, 5.74) is 2.17. The fourth-order valence-corrected chi connectivity index (χ4v) is 3.14. The monoisotopic (exact) mass is 274 g/mol. The van der Waals surface area contributed by atoms with Crippen molar-refractivity contribution in [2.75, 3.05) is 24.5 Å². The van der Waals surface area contributed by atoms with Crippen molar-refractivity contribution >= 4 is 11.6 Å². The van der Waals surface area contributed by atoms with Crippen LogP contribution < -0.4 is 4.90 Å². The summed E-state index contributed by atoms with van der Waals surface area (Å²) < 4.78 is 0. The summed E-state index contributed by atoms with van der Waals surface area (Å²) >= 11 is 0. The lowest BCUT2D eigenvalue weighted by Gasteiger charge is -2.27. The number of hydrogen-bond acceptors (Lipinski definition) is 3. The van der Waals surface area contributed by atoms with Crippen LogP contribution in [-0.4, -0.2) is 41.7 Å². The number of β-amino-alcohol motifs (C(OH)–C–C–N with tert-alkyl or cyclic N) is 1. The highest BCUT2D eigenvalue weighted by atomic mass is 16.3. The molecule has 2 aliphatic rings. The lowest BCUT2D eigenvalue weighted by molar-refractivity contribution is -0.117. The van der Waals surface area contributed by atoms with Crippen LogP contribution in [0.2, 0.25) is 0 Å². The molecule has 0 spiro atoms. The summed E-state index contributed by atoms with van der Waals surface area (Å²) in [6, 6.07) is 8.17. The van der Waals surface area contributed by atoms with Gasteiger partial charge in [-0.3, -0.25) is 9.69 Å². The molecule has 2 saturated heterocycles. The number of carbonyl (C=O) groups is 1. The van der Waals surface area contributed by atoms with Gasteiger partial charge in [0.15, 0.2) is 0 Å². The summed E-state index contributed by atoms with van der Waals surface area (Å²) in [5.74, 6) is 0.0209. The first-order valence-electron chi connectivity index (χ1n) is 7.52. The topological polar surface area (TPSA) is 43.8 Å². The molecule has 4 nitrogen and oxygen atoms in total. The molecule has 0 aromatic heterocycles. The SMILES string of the molecule is O=C1CC(O)CN1c1cccc(CN2CCCCC2)c1. The van der Waals surface area contributed by atoms with Gasteiger partial charge in [-0.05, 0) is 43.6 Å². The molecule has 1 aromatic rings. The number of likely N-dealkylation sites (tertiary alicyclic amines) is 1. The number of aliphatic hydroxyl groups is 1. The van der Waals surface area contributed by atoms with Gasteiger partial charge in [-0.1, -0.05) is 18.6 Å². The standard InChI is InChI=1S/C16H22N2O2/c19-15-10-16(20)18(12-15)14-6-4-5-13(9-14)11-17-7-2-1-3-8-17/h4-6,9,15,19H,1-3,7-8,10-12H2. The average Bonchev–Trinajstić information content (AvgIpc) is 2.79. The highest BCUT2D eigenvalue weighted by Crippen LogP contribution is 2.23. The molecule has 1 aromatic carbocycles. The molecule has 1 N–H and O–H groups in total. The van der Waals surface area contributed by atoms with E-state index in [4.69, 9.17) is 0 Å². The second-order valence-corrected chi connectivity index (χ2v) is 5.87. The van der Waals surface area contributed by atoms with Crippen LogP contribution in [0.1, 0.15) is 31.2 Å². The van der Waals surface area contributed by atoms with Crippen LogP contribution in [0.3, 0.4) is 0 Å². The maximum Gasteiger partial charge on any atom is 0.229 e. The van der Waals surface area contributed by atoms with E-state index in [-0.39, 0.29) is 12.3 Å². The first-order chi connectivity index (χ1) is 9.72. The fraction of sp³-hybridized carbons (Fsp3) is 0.562. The fourth-order valence-electron chi connectivity index (χ4n) is 3.14. The third-order valence-corrected chi connectivity index (χ3v) is 4.18. The Labute approximate surface area is 120 Å². The van der Waals surface area contributed by atoms with E-state index in [0.29, 0.717) is 6.54 Å². The molecule has 108 valence electrons. The van der Waals surface area contributed by atoms with Crippen molar-refractivity contribution in [2.45, 2.75) is 38.3 Å². The molecular formula is C16H22N2O2. The number of rotatable bonds is 3. The molecule has 20 heavy (non-hydrogen) atoms. The van der Waals surface area contributed by atoms with E-state index in [0.717, 1.165) is 12.2 Å². The predicted molar refractivity (Wildman–Crippen MR) is 78.5 cm³/mol. The van der Waals surface area contributed by atoms with E-state index in [9.17, 15) is 9.90 Å². The molecule has 3 rings (SSSR count). The van der Waals surface area contributed by atoms with Crippen LogP contribution >= 0.6 is 0 Å². The zero-order valence-corrected chi connectivity index (χ0v) is 11.8. The molecular weight excluding hydrogens is 252 g/mol. The summed E-state index contributed by atoms with van der Waals surface area (Å²) in [7, 11) is 0. The molecule has 1 unspecified atom stereocenters. The Morgan fingerprint density at radius 2 is 2.00 bits per heavy atom. The van der Waals surface area contributed by atoms with Gasteiger partial charge >= 0.3 is 0 Å². The Morgan fingerprint density at radius 3 is 2.70 bits per heavy atom. The summed E-state index contributed by atoms with van der Waals surface area (Å²) in [6.07, 6.45) is 3.65. The van der Waals surface area contributed by atoms with Crippen molar-refractivity contribution in [1.82, 2.24) is 4.90 Å². The summed E-state index contributed by atoms with van der Waals surface area (Å²) in [5, 5.41) is 9.59. The maximum absolute atomic E-state index is 11.8. The number of nitrogens with zero attached hydrogens (tertiary/aromatic N) is 2. The van der Waals surface area contributed by atoms with Crippen molar-refractivity contribution in [3.63, 3.8) is 0 Å². The normalized spacial score (nSPS) is 24.4. The molecule has 2 aliphatic heterocycles. The first kappa shape index (κ1) is 13.6. The van der Waals surface area contributed by atoms with Gasteiger partial charge in [0.05, 0.1) is 19.1 Å². The van der Waals surface area contributed by atoms with Crippen molar-refractivity contribution in [2.24, 2.45) is 0 Å². The molecule has 1 atom stereocenters. The second-order valence-electron chi connectivity index (χ2n) is 5.87. The van der Waals surface area contributed by atoms with Gasteiger partial charge in [-0.15, -0.1) is 0 Å². The summed E-state index contributed by atoms with van der Waals surface area (Å²) in [6.45, 7) is 3.72. The van der Waals surface area contributed by atoms with Crippen LogP contribution in [0, 0.1) is 0 Å². The number of carbonyl (C=O) groups excluding carboxylic acids is 1. The Hall–Kier alpha value is -1.39. The zero-order chi connectivity index (χ0) is 13.9. The van der Waals surface area contributed by atoms with Crippen LogP contribution in [-0.2, 0) is 11.3 Å². The predicted octanol–water partition coefficient (Wildman–Crippen LogP) is 1.77. The van der Waals surface area contributed by atoms with Crippen molar-refractivity contribution < 1.29 is 9.90 Å². The molecule has 0 bridgehead atoms. The van der Waals surface area contributed by atoms with Gasteiger partial charge in [-0.2, -0.15) is 0 Å².